The third kappa shape index (κ3) is 6.28. The van der Waals surface area contributed by atoms with Gasteiger partial charge in [0.15, 0.2) is 10.6 Å². The molecule has 5 nitrogen and oxygen atoms in total. The first-order chi connectivity index (χ1) is 16.5. The standard InChI is InChI=1S/C20H12Cl4F6N2O3S/c21-11-3-9(1-2-15(11)36(34)7-16(33)31-8-19(25,26)27)14-6-18(35-32-14,20(28,29)30)10-4-12(22)17(24)13(23)5-10/h1-5H,6-8H2,(H,31,33). The van der Waals surface area contributed by atoms with E-state index in [2.05, 4.69) is 5.16 Å². The lowest BCUT2D eigenvalue weighted by atomic mass is 9.86. The predicted molar refractivity (Wildman–Crippen MR) is 123 cm³/mol. The van der Waals surface area contributed by atoms with Gasteiger partial charge in [-0.05, 0) is 41.5 Å². The van der Waals surface area contributed by atoms with Gasteiger partial charge in [-0.15, -0.1) is 0 Å². The number of hydrogen-bond acceptors (Lipinski definition) is 4. The molecule has 2 atom stereocenters. The fraction of sp³-hybridized carbons (Fsp3) is 0.300. The Bertz CT molecular complexity index is 1190. The second-order valence-corrected chi connectivity index (χ2v) is 10.4. The maximum absolute atomic E-state index is 14.2. The summed E-state index contributed by atoms with van der Waals surface area (Å²) in [6.07, 6.45) is -10.4. The molecule has 0 spiro atoms. The van der Waals surface area contributed by atoms with Crippen molar-refractivity contribution in [1.82, 2.24) is 5.32 Å². The van der Waals surface area contributed by atoms with Gasteiger partial charge < -0.3 is 14.7 Å². The van der Waals surface area contributed by atoms with E-state index in [-0.39, 0.29) is 36.3 Å². The van der Waals surface area contributed by atoms with Gasteiger partial charge in [0.25, 0.3) is 11.5 Å². The average Bonchev–Trinajstić information content (AvgIpc) is 3.22. The number of hydrogen-bond donors (Lipinski definition) is 1. The summed E-state index contributed by atoms with van der Waals surface area (Å²) in [7, 11) is 0. The molecule has 3 rings (SSSR count). The van der Waals surface area contributed by atoms with Crippen LogP contribution in [0.5, 0.6) is 0 Å². The maximum atomic E-state index is 14.2. The van der Waals surface area contributed by atoms with Crippen LogP contribution in [0.4, 0.5) is 26.3 Å². The van der Waals surface area contributed by atoms with E-state index >= 15 is 0 Å². The van der Waals surface area contributed by atoms with Crippen LogP contribution in [0.3, 0.4) is 0 Å². The predicted octanol–water partition coefficient (Wildman–Crippen LogP) is 6.67. The summed E-state index contributed by atoms with van der Waals surface area (Å²) >= 11 is 21.6. The summed E-state index contributed by atoms with van der Waals surface area (Å²) in [6.45, 7) is -1.60. The molecule has 1 aliphatic rings. The van der Waals surface area contributed by atoms with E-state index in [1.165, 1.54) is 6.07 Å². The van der Waals surface area contributed by atoms with Crippen molar-refractivity contribution >= 4 is 69.2 Å². The molecule has 0 saturated carbocycles. The van der Waals surface area contributed by atoms with Gasteiger partial charge in [-0.1, -0.05) is 51.6 Å². The molecule has 2 aromatic carbocycles. The molecule has 0 radical (unpaired) electrons. The number of carbonyl (C=O) groups excluding carboxylic acids is 1. The highest BCUT2D eigenvalue weighted by molar-refractivity contribution is 7.92. The Labute approximate surface area is 222 Å². The van der Waals surface area contributed by atoms with Crippen LogP contribution in [0.25, 0.3) is 0 Å². The number of nitrogens with one attached hydrogen (secondary N) is 1. The topological polar surface area (TPSA) is 73.8 Å². The van der Waals surface area contributed by atoms with E-state index in [1.54, 1.807) is 5.32 Å². The van der Waals surface area contributed by atoms with Crippen molar-refractivity contribution in [2.45, 2.75) is 29.3 Å². The SMILES string of the molecule is O=C(C[S+]([O-])c1ccc(C2=NOC(c3cc(Cl)c(Cl)c(Cl)c3)(C(F)(F)F)C2)cc1Cl)NCC(F)(F)F. The monoisotopic (exact) mass is 614 g/mol. The van der Waals surface area contributed by atoms with Crippen molar-refractivity contribution in [3.63, 3.8) is 0 Å². The highest BCUT2D eigenvalue weighted by atomic mass is 35.5. The van der Waals surface area contributed by atoms with Crippen LogP contribution in [-0.2, 0) is 26.4 Å². The lowest BCUT2D eigenvalue weighted by molar-refractivity contribution is -0.275. The van der Waals surface area contributed by atoms with Crippen LogP contribution in [0, 0.1) is 0 Å². The molecule has 36 heavy (non-hydrogen) atoms. The van der Waals surface area contributed by atoms with Gasteiger partial charge in [0, 0.05) is 17.5 Å². The molecule has 0 bridgehead atoms. The van der Waals surface area contributed by atoms with E-state index in [4.69, 9.17) is 51.2 Å². The molecule has 2 unspecified atom stereocenters. The highest BCUT2D eigenvalue weighted by Gasteiger charge is 2.62. The molecule has 1 aliphatic heterocycles. The summed E-state index contributed by atoms with van der Waals surface area (Å²) in [6, 6.07) is 5.48. The van der Waals surface area contributed by atoms with Crippen molar-refractivity contribution in [3.8, 4) is 0 Å². The zero-order valence-corrected chi connectivity index (χ0v) is 21.2. The Morgan fingerprint density at radius 3 is 2.19 bits per heavy atom. The molecule has 2 aromatic rings. The molecule has 0 aliphatic carbocycles. The molecule has 0 saturated heterocycles. The fourth-order valence-corrected chi connectivity index (χ4v) is 5.19. The zero-order valence-electron chi connectivity index (χ0n) is 17.4. The summed E-state index contributed by atoms with van der Waals surface area (Å²) < 4.78 is 91.5. The van der Waals surface area contributed by atoms with Crippen LogP contribution in [0.2, 0.25) is 20.1 Å². The number of alkyl halides is 6. The Balaban J connectivity index is 1.82. The molecule has 1 heterocycles. The van der Waals surface area contributed by atoms with E-state index in [1.807, 2.05) is 0 Å². The molecule has 1 N–H and O–H groups in total. The molecule has 16 heteroatoms. The zero-order chi connectivity index (χ0) is 27.1. The first kappa shape index (κ1) is 29.0. The number of halogens is 10. The number of nitrogens with zero attached hydrogens (tertiary/aromatic N) is 1. The lowest BCUT2D eigenvalue weighted by Crippen LogP contribution is -2.42. The fourth-order valence-electron chi connectivity index (χ4n) is 3.16. The lowest BCUT2D eigenvalue weighted by Gasteiger charge is -2.30. The van der Waals surface area contributed by atoms with Gasteiger partial charge in [-0.3, -0.25) is 4.79 Å². The van der Waals surface area contributed by atoms with E-state index in [9.17, 15) is 35.7 Å². The molecule has 0 fully saturated rings. The van der Waals surface area contributed by atoms with Crippen LogP contribution in [0.1, 0.15) is 17.5 Å². The van der Waals surface area contributed by atoms with Gasteiger partial charge >= 0.3 is 12.4 Å². The molecular weight excluding hydrogens is 604 g/mol. The van der Waals surface area contributed by atoms with Gasteiger partial charge in [-0.2, -0.15) is 26.3 Å². The largest absolute Gasteiger partial charge is 0.611 e. The third-order valence-corrected chi connectivity index (χ3v) is 7.89. The summed E-state index contributed by atoms with van der Waals surface area (Å²) in [5.74, 6) is -1.94. The van der Waals surface area contributed by atoms with E-state index in [0.717, 1.165) is 24.3 Å². The van der Waals surface area contributed by atoms with Crippen LogP contribution >= 0.6 is 46.4 Å². The first-order valence-corrected chi connectivity index (χ1v) is 12.4. The van der Waals surface area contributed by atoms with Crippen LogP contribution in [0.15, 0.2) is 40.4 Å². The van der Waals surface area contributed by atoms with Crippen molar-refractivity contribution in [2.24, 2.45) is 5.16 Å². The third-order valence-electron chi connectivity index (χ3n) is 4.89. The summed E-state index contributed by atoms with van der Waals surface area (Å²) in [4.78, 5) is 16.4. The molecular formula is C20H12Cl4F6N2O3S. The van der Waals surface area contributed by atoms with Gasteiger partial charge in [-0.25, -0.2) is 0 Å². The van der Waals surface area contributed by atoms with E-state index < -0.39 is 59.3 Å². The van der Waals surface area contributed by atoms with Crippen molar-refractivity contribution in [1.29, 1.82) is 0 Å². The smallest absolute Gasteiger partial charge is 0.435 e. The Morgan fingerprint density at radius 2 is 1.67 bits per heavy atom. The molecule has 196 valence electrons. The second kappa shape index (κ2) is 10.7. The quantitative estimate of drug-likeness (QED) is 0.224. The average molecular weight is 616 g/mol. The number of rotatable bonds is 6. The minimum atomic E-state index is -4.96. The van der Waals surface area contributed by atoms with Crippen molar-refractivity contribution in [3.05, 3.63) is 61.5 Å². The second-order valence-electron chi connectivity index (χ2n) is 7.41. The number of oxime groups is 1. The van der Waals surface area contributed by atoms with E-state index in [0.29, 0.717) is 0 Å². The highest BCUT2D eigenvalue weighted by Crippen LogP contribution is 2.50. The van der Waals surface area contributed by atoms with Crippen molar-refractivity contribution < 1.29 is 40.5 Å². The van der Waals surface area contributed by atoms with Crippen molar-refractivity contribution in [2.75, 3.05) is 12.3 Å². The molecule has 0 aromatic heterocycles. The first-order valence-electron chi connectivity index (χ1n) is 9.52. The number of carbonyl (C=O) groups is 1. The van der Waals surface area contributed by atoms with Gasteiger partial charge in [0.2, 0.25) is 0 Å². The van der Waals surface area contributed by atoms with Crippen LogP contribution < -0.4 is 5.32 Å². The van der Waals surface area contributed by atoms with Crippen LogP contribution in [-0.4, -0.2) is 40.8 Å². The van der Waals surface area contributed by atoms with Gasteiger partial charge in [0.05, 0.1) is 25.8 Å². The Kier molecular flexibility index (Phi) is 8.59. The number of benzene rings is 2. The minimum absolute atomic E-state index is 0.0829. The molecule has 1 amide bonds. The Hall–Kier alpha value is -1.57. The summed E-state index contributed by atoms with van der Waals surface area (Å²) in [5.41, 5.74) is -3.47. The minimum Gasteiger partial charge on any atom is -0.611 e. The Morgan fingerprint density at radius 1 is 1.06 bits per heavy atom. The maximum Gasteiger partial charge on any atom is 0.435 e. The number of amides is 1. The normalized spacial score (nSPS) is 19.0. The van der Waals surface area contributed by atoms with Gasteiger partial charge in [0.1, 0.15) is 6.54 Å². The summed E-state index contributed by atoms with van der Waals surface area (Å²) in [5, 5.41) is 4.34.